The van der Waals surface area contributed by atoms with Crippen LogP contribution in [0.15, 0.2) is 71.6 Å². The van der Waals surface area contributed by atoms with Gasteiger partial charge in [0.05, 0.1) is 28.3 Å². The zero-order chi connectivity index (χ0) is 24.3. The molecule has 4 rings (SSSR count). The zero-order valence-corrected chi connectivity index (χ0v) is 20.7. The van der Waals surface area contributed by atoms with E-state index in [1.54, 1.807) is 31.4 Å². The van der Waals surface area contributed by atoms with Gasteiger partial charge in [-0.15, -0.1) is 0 Å². The predicted molar refractivity (Wildman–Crippen MR) is 135 cm³/mol. The van der Waals surface area contributed by atoms with Gasteiger partial charge < -0.3 is 15.0 Å². The maximum Gasteiger partial charge on any atom is 0.257 e. The first-order chi connectivity index (χ1) is 16.3. The number of methoxy groups -OCH3 is 1. The number of halogens is 2. The quantitative estimate of drug-likeness (QED) is 0.507. The third kappa shape index (κ3) is 5.15. The molecule has 0 radical (unpaired) electrons. The molecule has 1 amide bonds. The second-order valence-corrected chi connectivity index (χ2v) is 10.4. The van der Waals surface area contributed by atoms with E-state index in [0.717, 1.165) is 11.4 Å². The topological polar surface area (TPSA) is 79.0 Å². The Labute approximate surface area is 208 Å². The molecule has 0 aliphatic carbocycles. The molecule has 0 spiro atoms. The van der Waals surface area contributed by atoms with Crippen LogP contribution in [0.1, 0.15) is 10.4 Å². The monoisotopic (exact) mass is 519 g/mol. The molecule has 0 atom stereocenters. The predicted octanol–water partition coefficient (Wildman–Crippen LogP) is 4.77. The van der Waals surface area contributed by atoms with E-state index in [0.29, 0.717) is 36.9 Å². The molecule has 3 aromatic rings. The number of rotatable bonds is 6. The average molecular weight is 520 g/mol. The van der Waals surface area contributed by atoms with Crippen molar-refractivity contribution < 1.29 is 17.9 Å². The van der Waals surface area contributed by atoms with Crippen molar-refractivity contribution in [2.24, 2.45) is 0 Å². The van der Waals surface area contributed by atoms with Crippen LogP contribution in [0.5, 0.6) is 5.75 Å². The molecule has 0 aromatic heterocycles. The van der Waals surface area contributed by atoms with Crippen molar-refractivity contribution in [3.05, 3.63) is 82.3 Å². The molecule has 34 heavy (non-hydrogen) atoms. The van der Waals surface area contributed by atoms with E-state index in [1.807, 2.05) is 24.3 Å². The number of carbonyl (C=O) groups excluding carboxylic acids is 1. The molecule has 1 aliphatic heterocycles. The molecule has 1 aliphatic rings. The molecule has 0 unspecified atom stereocenters. The minimum Gasteiger partial charge on any atom is -0.495 e. The number of benzene rings is 3. The Morgan fingerprint density at radius 1 is 0.941 bits per heavy atom. The van der Waals surface area contributed by atoms with Crippen LogP contribution in [-0.4, -0.2) is 51.9 Å². The van der Waals surface area contributed by atoms with Crippen molar-refractivity contribution in [2.45, 2.75) is 4.90 Å². The lowest BCUT2D eigenvalue weighted by molar-refractivity contribution is 0.102. The van der Waals surface area contributed by atoms with E-state index in [4.69, 9.17) is 27.9 Å². The Kier molecular flexibility index (Phi) is 7.33. The van der Waals surface area contributed by atoms with Gasteiger partial charge in [-0.05, 0) is 54.6 Å². The summed E-state index contributed by atoms with van der Waals surface area (Å²) >= 11 is 12.0. The van der Waals surface area contributed by atoms with E-state index >= 15 is 0 Å². The van der Waals surface area contributed by atoms with Crippen LogP contribution in [0.3, 0.4) is 0 Å². The SMILES string of the molecule is COc1ccccc1N1CCN(S(=O)(=O)c2ccc(NC(=O)c3cc(Cl)ccc3Cl)cc2)CC1. The number of piperazine rings is 1. The first-order valence-corrected chi connectivity index (χ1v) is 12.7. The van der Waals surface area contributed by atoms with Crippen molar-refractivity contribution in [3.63, 3.8) is 0 Å². The zero-order valence-electron chi connectivity index (χ0n) is 18.4. The van der Waals surface area contributed by atoms with Crippen LogP contribution < -0.4 is 15.0 Å². The van der Waals surface area contributed by atoms with Crippen molar-refractivity contribution in [3.8, 4) is 5.75 Å². The first kappa shape index (κ1) is 24.3. The minimum atomic E-state index is -3.67. The highest BCUT2D eigenvalue weighted by atomic mass is 35.5. The summed E-state index contributed by atoms with van der Waals surface area (Å²) in [4.78, 5) is 14.8. The Morgan fingerprint density at radius 3 is 2.29 bits per heavy atom. The minimum absolute atomic E-state index is 0.164. The van der Waals surface area contributed by atoms with E-state index in [-0.39, 0.29) is 15.5 Å². The smallest absolute Gasteiger partial charge is 0.257 e. The summed E-state index contributed by atoms with van der Waals surface area (Å²) in [6.07, 6.45) is 0. The van der Waals surface area contributed by atoms with Crippen LogP contribution >= 0.6 is 23.2 Å². The number of sulfonamides is 1. The van der Waals surface area contributed by atoms with Gasteiger partial charge in [0.25, 0.3) is 5.91 Å². The fourth-order valence-electron chi connectivity index (χ4n) is 3.79. The van der Waals surface area contributed by atoms with Crippen LogP contribution in [0.2, 0.25) is 10.0 Å². The van der Waals surface area contributed by atoms with E-state index in [1.165, 1.54) is 22.5 Å². The number of ether oxygens (including phenoxy) is 1. The van der Waals surface area contributed by atoms with Crippen molar-refractivity contribution >= 4 is 50.5 Å². The van der Waals surface area contributed by atoms with Crippen molar-refractivity contribution in [2.75, 3.05) is 43.5 Å². The van der Waals surface area contributed by atoms with Crippen LogP contribution in [-0.2, 0) is 10.0 Å². The highest BCUT2D eigenvalue weighted by Crippen LogP contribution is 2.29. The second-order valence-electron chi connectivity index (χ2n) is 7.67. The third-order valence-corrected chi connectivity index (χ3v) is 8.07. The first-order valence-electron chi connectivity index (χ1n) is 10.5. The molecular formula is C24H23Cl2N3O4S. The molecule has 0 bridgehead atoms. The molecule has 1 heterocycles. The fraction of sp³-hybridized carbons (Fsp3) is 0.208. The molecule has 1 saturated heterocycles. The molecule has 1 fully saturated rings. The molecule has 178 valence electrons. The Balaban J connectivity index is 1.42. The lowest BCUT2D eigenvalue weighted by Gasteiger charge is -2.35. The molecule has 7 nitrogen and oxygen atoms in total. The van der Waals surface area contributed by atoms with Gasteiger partial charge in [0.15, 0.2) is 0 Å². The van der Waals surface area contributed by atoms with E-state index in [2.05, 4.69) is 10.2 Å². The lowest BCUT2D eigenvalue weighted by atomic mass is 10.2. The normalized spacial score (nSPS) is 14.6. The molecule has 10 heteroatoms. The maximum atomic E-state index is 13.2. The number of hydrogen-bond donors (Lipinski definition) is 1. The number of amides is 1. The van der Waals surface area contributed by atoms with Gasteiger partial charge in [-0.1, -0.05) is 35.3 Å². The van der Waals surface area contributed by atoms with Gasteiger partial charge in [-0.2, -0.15) is 4.31 Å². The van der Waals surface area contributed by atoms with Gasteiger partial charge in [-0.25, -0.2) is 8.42 Å². The standard InChI is InChI=1S/C24H23Cl2N3O4S/c1-33-23-5-3-2-4-22(23)28-12-14-29(15-13-28)34(31,32)19-9-7-18(8-10-19)27-24(30)20-16-17(25)6-11-21(20)26/h2-11,16H,12-15H2,1H3,(H,27,30). The van der Waals surface area contributed by atoms with E-state index in [9.17, 15) is 13.2 Å². The number of nitrogens with one attached hydrogen (secondary N) is 1. The number of hydrogen-bond acceptors (Lipinski definition) is 5. The summed E-state index contributed by atoms with van der Waals surface area (Å²) in [6.45, 7) is 1.81. The van der Waals surface area contributed by atoms with Crippen LogP contribution in [0.4, 0.5) is 11.4 Å². The van der Waals surface area contributed by atoms with Gasteiger partial charge in [0, 0.05) is 36.9 Å². The summed E-state index contributed by atoms with van der Waals surface area (Å²) in [5.74, 6) is 0.325. The summed E-state index contributed by atoms with van der Waals surface area (Å²) in [5.41, 5.74) is 1.63. The Morgan fingerprint density at radius 2 is 1.62 bits per heavy atom. The highest BCUT2D eigenvalue weighted by molar-refractivity contribution is 7.89. The Bertz CT molecular complexity index is 1290. The molecule has 1 N–H and O–H groups in total. The molecular weight excluding hydrogens is 497 g/mol. The van der Waals surface area contributed by atoms with Gasteiger partial charge in [0.1, 0.15) is 5.75 Å². The lowest BCUT2D eigenvalue weighted by Crippen LogP contribution is -2.48. The van der Waals surface area contributed by atoms with Crippen LogP contribution in [0, 0.1) is 0 Å². The molecule has 0 saturated carbocycles. The second kappa shape index (κ2) is 10.2. The average Bonchev–Trinajstić information content (AvgIpc) is 2.86. The van der Waals surface area contributed by atoms with E-state index < -0.39 is 15.9 Å². The van der Waals surface area contributed by atoms with Crippen molar-refractivity contribution in [1.29, 1.82) is 0 Å². The van der Waals surface area contributed by atoms with Crippen LogP contribution in [0.25, 0.3) is 0 Å². The summed E-state index contributed by atoms with van der Waals surface area (Å²) in [6, 6.07) is 18.4. The Hall–Kier alpha value is -2.78. The fourth-order valence-corrected chi connectivity index (χ4v) is 5.59. The number of carbonyl (C=O) groups is 1. The van der Waals surface area contributed by atoms with Crippen molar-refractivity contribution in [1.82, 2.24) is 4.31 Å². The maximum absolute atomic E-state index is 13.2. The van der Waals surface area contributed by atoms with Gasteiger partial charge >= 0.3 is 0 Å². The summed E-state index contributed by atoms with van der Waals surface area (Å²) in [5, 5.41) is 3.37. The van der Waals surface area contributed by atoms with Gasteiger partial charge in [-0.3, -0.25) is 4.79 Å². The highest BCUT2D eigenvalue weighted by Gasteiger charge is 2.29. The number of para-hydroxylation sites is 2. The third-order valence-electron chi connectivity index (χ3n) is 5.59. The number of anilines is 2. The number of nitrogens with zero attached hydrogens (tertiary/aromatic N) is 2. The molecule has 3 aromatic carbocycles. The van der Waals surface area contributed by atoms with Gasteiger partial charge in [0.2, 0.25) is 10.0 Å². The summed E-state index contributed by atoms with van der Waals surface area (Å²) < 4.78 is 33.2. The summed E-state index contributed by atoms with van der Waals surface area (Å²) in [7, 11) is -2.05. The largest absolute Gasteiger partial charge is 0.495 e.